The van der Waals surface area contributed by atoms with Gasteiger partial charge in [0.05, 0.1) is 5.69 Å². The Hall–Kier alpha value is -1.36. The van der Waals surface area contributed by atoms with Gasteiger partial charge in [0.1, 0.15) is 5.82 Å². The minimum absolute atomic E-state index is 0.130. The van der Waals surface area contributed by atoms with Gasteiger partial charge in [0.25, 0.3) is 0 Å². The molecule has 0 saturated carbocycles. The molecule has 0 unspecified atom stereocenters. The van der Waals surface area contributed by atoms with Gasteiger partial charge in [-0.15, -0.1) is 0 Å². The van der Waals surface area contributed by atoms with Gasteiger partial charge < -0.3 is 0 Å². The highest BCUT2D eigenvalue weighted by atomic mass is 79.9. The van der Waals surface area contributed by atoms with Crippen LogP contribution in [0.4, 0.5) is 0 Å². The number of rotatable bonds is 1. The van der Waals surface area contributed by atoms with E-state index in [1.54, 1.807) is 11.6 Å². The summed E-state index contributed by atoms with van der Waals surface area (Å²) in [6, 6.07) is 7.54. The van der Waals surface area contributed by atoms with Crippen LogP contribution in [0.5, 0.6) is 0 Å². The second-order valence-corrected chi connectivity index (χ2v) is 4.18. The zero-order valence-electron chi connectivity index (χ0n) is 8.44. The molecule has 0 fully saturated rings. The highest BCUT2D eigenvalue weighted by Crippen LogP contribution is 2.13. The summed E-state index contributed by atoms with van der Waals surface area (Å²) in [6.07, 6.45) is 0. The molecule has 1 aromatic carbocycles. The minimum atomic E-state index is -0.130. The van der Waals surface area contributed by atoms with E-state index in [4.69, 9.17) is 0 Å². The summed E-state index contributed by atoms with van der Waals surface area (Å²) < 4.78 is 3.89. The van der Waals surface area contributed by atoms with Crippen molar-refractivity contribution in [3.05, 3.63) is 45.0 Å². The van der Waals surface area contributed by atoms with Crippen LogP contribution in [0.2, 0.25) is 0 Å². The summed E-state index contributed by atoms with van der Waals surface area (Å²) in [7, 11) is 1.64. The number of nitrogens with zero attached hydrogens (tertiary/aromatic N) is 3. The van der Waals surface area contributed by atoms with Crippen molar-refractivity contribution in [2.75, 3.05) is 0 Å². The predicted octanol–water partition coefficient (Wildman–Crippen LogP) is 1.64. The maximum Gasteiger partial charge on any atom is 0.350 e. The zero-order chi connectivity index (χ0) is 11.0. The summed E-state index contributed by atoms with van der Waals surface area (Å²) in [5.74, 6) is 0.685. The average Bonchev–Trinajstić information content (AvgIpc) is 2.44. The quantitative estimate of drug-likeness (QED) is 0.788. The molecule has 1 aromatic heterocycles. The summed E-state index contributed by atoms with van der Waals surface area (Å²) in [5.41, 5.74) is 0.698. The van der Waals surface area contributed by atoms with Gasteiger partial charge in [-0.1, -0.05) is 15.9 Å². The fourth-order valence-corrected chi connectivity index (χ4v) is 1.74. The maximum absolute atomic E-state index is 11.7. The molecule has 0 atom stereocenters. The fraction of sp³-hybridized carbons (Fsp3) is 0.200. The van der Waals surface area contributed by atoms with E-state index in [9.17, 15) is 4.79 Å². The number of benzene rings is 1. The molecule has 0 N–H and O–H groups in total. The standard InChI is InChI=1S/C10H10BrN3O/c1-7-12-13(2)10(15)14(7)9-5-3-8(11)4-6-9/h3-6H,1-2H3. The normalized spacial score (nSPS) is 10.6. The molecule has 0 saturated heterocycles. The van der Waals surface area contributed by atoms with E-state index in [0.29, 0.717) is 5.82 Å². The molecule has 0 radical (unpaired) electrons. The van der Waals surface area contributed by atoms with Crippen molar-refractivity contribution in [3.8, 4) is 5.69 Å². The predicted molar refractivity (Wildman–Crippen MR) is 61.2 cm³/mol. The Morgan fingerprint density at radius 2 is 1.87 bits per heavy atom. The van der Waals surface area contributed by atoms with Crippen molar-refractivity contribution in [3.63, 3.8) is 0 Å². The van der Waals surface area contributed by atoms with Gasteiger partial charge in [0.2, 0.25) is 0 Å². The molecule has 0 bridgehead atoms. The SMILES string of the molecule is Cc1nn(C)c(=O)n1-c1ccc(Br)cc1. The molecule has 1 heterocycles. The van der Waals surface area contributed by atoms with Crippen LogP contribution in [0, 0.1) is 6.92 Å². The number of aromatic nitrogens is 3. The lowest BCUT2D eigenvalue weighted by Gasteiger charge is -2.01. The molecular formula is C10H10BrN3O. The van der Waals surface area contributed by atoms with E-state index in [2.05, 4.69) is 21.0 Å². The Labute approximate surface area is 95.3 Å². The highest BCUT2D eigenvalue weighted by Gasteiger charge is 2.08. The summed E-state index contributed by atoms with van der Waals surface area (Å²) in [4.78, 5) is 11.7. The molecule has 0 aliphatic heterocycles. The van der Waals surface area contributed by atoms with E-state index in [1.165, 1.54) is 4.68 Å². The molecule has 4 nitrogen and oxygen atoms in total. The lowest BCUT2D eigenvalue weighted by molar-refractivity contribution is 0.723. The van der Waals surface area contributed by atoms with Crippen LogP contribution < -0.4 is 5.69 Å². The Kier molecular flexibility index (Phi) is 2.48. The lowest BCUT2D eigenvalue weighted by atomic mass is 10.3. The Bertz CT molecular complexity index is 539. The van der Waals surface area contributed by atoms with Gasteiger partial charge in [0.15, 0.2) is 0 Å². The van der Waals surface area contributed by atoms with E-state index in [-0.39, 0.29) is 5.69 Å². The van der Waals surface area contributed by atoms with Crippen LogP contribution in [0.3, 0.4) is 0 Å². The van der Waals surface area contributed by atoms with Crippen LogP contribution >= 0.6 is 15.9 Å². The molecule has 15 heavy (non-hydrogen) atoms. The molecule has 5 heteroatoms. The van der Waals surface area contributed by atoms with Gasteiger partial charge >= 0.3 is 5.69 Å². The van der Waals surface area contributed by atoms with Crippen molar-refractivity contribution in [1.82, 2.24) is 14.3 Å². The van der Waals surface area contributed by atoms with Crippen LogP contribution in [0.1, 0.15) is 5.82 Å². The van der Waals surface area contributed by atoms with Gasteiger partial charge in [-0.3, -0.25) is 0 Å². The molecule has 0 aliphatic rings. The molecule has 78 valence electrons. The second-order valence-electron chi connectivity index (χ2n) is 3.27. The van der Waals surface area contributed by atoms with Crippen molar-refractivity contribution < 1.29 is 0 Å². The van der Waals surface area contributed by atoms with E-state index >= 15 is 0 Å². The van der Waals surface area contributed by atoms with E-state index in [1.807, 2.05) is 31.2 Å². The van der Waals surface area contributed by atoms with Crippen molar-refractivity contribution in [2.24, 2.45) is 7.05 Å². The first-order valence-electron chi connectivity index (χ1n) is 4.48. The van der Waals surface area contributed by atoms with Gasteiger partial charge in [-0.25, -0.2) is 14.0 Å². The third kappa shape index (κ3) is 1.74. The lowest BCUT2D eigenvalue weighted by Crippen LogP contribution is -2.21. The van der Waals surface area contributed by atoms with Crippen LogP contribution in [-0.2, 0) is 7.05 Å². The summed E-state index contributed by atoms with van der Waals surface area (Å²) in [6.45, 7) is 1.81. The second kappa shape index (κ2) is 3.66. The van der Waals surface area contributed by atoms with Gasteiger partial charge in [0, 0.05) is 11.5 Å². The molecule has 0 amide bonds. The van der Waals surface area contributed by atoms with Crippen LogP contribution in [-0.4, -0.2) is 14.3 Å². The number of halogens is 1. The Balaban J connectivity index is 2.64. The molecule has 2 rings (SSSR count). The van der Waals surface area contributed by atoms with E-state index in [0.717, 1.165) is 10.2 Å². The first kappa shape index (κ1) is 10.2. The summed E-state index contributed by atoms with van der Waals surface area (Å²) >= 11 is 3.35. The molecular weight excluding hydrogens is 258 g/mol. The molecule has 0 spiro atoms. The maximum atomic E-state index is 11.7. The van der Waals surface area contributed by atoms with Crippen molar-refractivity contribution in [2.45, 2.75) is 6.92 Å². The third-order valence-corrected chi connectivity index (χ3v) is 2.70. The third-order valence-electron chi connectivity index (χ3n) is 2.17. The summed E-state index contributed by atoms with van der Waals surface area (Å²) in [5, 5.41) is 4.06. The van der Waals surface area contributed by atoms with E-state index < -0.39 is 0 Å². The first-order valence-corrected chi connectivity index (χ1v) is 5.27. The fourth-order valence-electron chi connectivity index (χ4n) is 1.48. The Morgan fingerprint density at radius 1 is 1.27 bits per heavy atom. The smallest absolute Gasteiger partial charge is 0.247 e. The van der Waals surface area contributed by atoms with Crippen molar-refractivity contribution in [1.29, 1.82) is 0 Å². The average molecular weight is 268 g/mol. The van der Waals surface area contributed by atoms with Crippen LogP contribution in [0.25, 0.3) is 5.69 Å². The van der Waals surface area contributed by atoms with Gasteiger partial charge in [-0.2, -0.15) is 5.10 Å². The minimum Gasteiger partial charge on any atom is -0.247 e. The van der Waals surface area contributed by atoms with Gasteiger partial charge in [-0.05, 0) is 31.2 Å². The monoisotopic (exact) mass is 267 g/mol. The number of hydrogen-bond donors (Lipinski definition) is 0. The largest absolute Gasteiger partial charge is 0.350 e. The molecule has 2 aromatic rings. The topological polar surface area (TPSA) is 39.8 Å². The van der Waals surface area contributed by atoms with Crippen LogP contribution in [0.15, 0.2) is 33.5 Å². The first-order chi connectivity index (χ1) is 7.09. The number of aryl methyl sites for hydroxylation is 2. The van der Waals surface area contributed by atoms with Crippen molar-refractivity contribution >= 4 is 15.9 Å². The number of hydrogen-bond acceptors (Lipinski definition) is 2. The highest BCUT2D eigenvalue weighted by molar-refractivity contribution is 9.10. The zero-order valence-corrected chi connectivity index (χ0v) is 10.0. The molecule has 0 aliphatic carbocycles. The Morgan fingerprint density at radius 3 is 2.33 bits per heavy atom.